The summed E-state index contributed by atoms with van der Waals surface area (Å²) in [6.07, 6.45) is 62.1. The van der Waals surface area contributed by atoms with Gasteiger partial charge in [-0.15, -0.1) is 0 Å². The number of phosphoric acid groups is 1. The molecule has 0 radical (unpaired) electrons. The Morgan fingerprint density at radius 1 is 0.571 bits per heavy atom. The van der Waals surface area contributed by atoms with E-state index in [0.29, 0.717) is 17.4 Å². The molecule has 0 aromatic heterocycles. The second-order valence-corrected chi connectivity index (χ2v) is 19.5. The van der Waals surface area contributed by atoms with Crippen LogP contribution in [-0.2, 0) is 18.4 Å². The Balaban J connectivity index is 4.40. The molecule has 0 heterocycles. The van der Waals surface area contributed by atoms with Gasteiger partial charge in [-0.05, 0) is 77.0 Å². The molecule has 3 atom stereocenters. The number of nitrogens with one attached hydrogen (secondary N) is 1. The summed E-state index contributed by atoms with van der Waals surface area (Å²) in [5, 5.41) is 13.8. The van der Waals surface area contributed by atoms with Gasteiger partial charge in [0.1, 0.15) is 13.2 Å². The quantitative estimate of drug-likeness (QED) is 0.0273. The van der Waals surface area contributed by atoms with E-state index < -0.39 is 26.6 Å². The lowest BCUT2D eigenvalue weighted by Gasteiger charge is -2.29. The summed E-state index contributed by atoms with van der Waals surface area (Å²) in [6, 6.07) is -0.915. The summed E-state index contributed by atoms with van der Waals surface area (Å²) in [5.41, 5.74) is 0. The number of carbonyl (C=O) groups is 1. The molecule has 9 heteroatoms. The molecule has 0 aliphatic heterocycles. The minimum Gasteiger partial charge on any atom is -0.756 e. The zero-order valence-electron chi connectivity index (χ0n) is 41.2. The van der Waals surface area contributed by atoms with E-state index in [4.69, 9.17) is 9.05 Å². The third-order valence-electron chi connectivity index (χ3n) is 10.8. The van der Waals surface area contributed by atoms with Crippen LogP contribution in [0.1, 0.15) is 200 Å². The largest absolute Gasteiger partial charge is 0.756 e. The van der Waals surface area contributed by atoms with Crippen molar-refractivity contribution in [2.75, 3.05) is 40.9 Å². The predicted molar refractivity (Wildman–Crippen MR) is 270 cm³/mol. The van der Waals surface area contributed by atoms with Crippen LogP contribution in [0.15, 0.2) is 85.1 Å². The molecule has 0 aliphatic rings. The van der Waals surface area contributed by atoms with Gasteiger partial charge in [0, 0.05) is 6.42 Å². The van der Waals surface area contributed by atoms with Crippen molar-refractivity contribution in [1.29, 1.82) is 0 Å². The van der Waals surface area contributed by atoms with Crippen LogP contribution < -0.4 is 10.2 Å². The van der Waals surface area contributed by atoms with Gasteiger partial charge in [0.15, 0.2) is 0 Å². The molecule has 0 saturated carbocycles. The van der Waals surface area contributed by atoms with Crippen molar-refractivity contribution < 1.29 is 32.9 Å². The van der Waals surface area contributed by atoms with Gasteiger partial charge >= 0.3 is 0 Å². The minimum atomic E-state index is -4.61. The van der Waals surface area contributed by atoms with E-state index in [-0.39, 0.29) is 12.5 Å². The Bertz CT molecular complexity index is 1300. The maximum atomic E-state index is 12.9. The van der Waals surface area contributed by atoms with Gasteiger partial charge in [-0.3, -0.25) is 9.36 Å². The SMILES string of the molecule is CC/C=C\C/C=C\C/C=C\C/C=C\C/C=C\CCCCCCCCCC(=O)NC(COP(=O)([O-])OCC[N+](C)(C)C)C(O)/C=C/CC/C=C/CCCCCCCCCCCCCC. The number of quaternary nitrogens is 1. The molecule has 3 unspecified atom stereocenters. The first-order valence-corrected chi connectivity index (χ1v) is 26.9. The second kappa shape index (κ2) is 44.9. The fraction of sp³-hybridized carbons (Fsp3) is 0.722. The first kappa shape index (κ1) is 60.7. The number of hydrogen-bond acceptors (Lipinski definition) is 6. The highest BCUT2D eigenvalue weighted by Crippen LogP contribution is 2.38. The van der Waals surface area contributed by atoms with E-state index in [0.717, 1.165) is 83.5 Å². The lowest BCUT2D eigenvalue weighted by Crippen LogP contribution is -2.45. The molecule has 0 fully saturated rings. The number of aliphatic hydroxyl groups is 1. The van der Waals surface area contributed by atoms with E-state index in [1.807, 2.05) is 27.2 Å². The van der Waals surface area contributed by atoms with Crippen molar-refractivity contribution in [1.82, 2.24) is 5.32 Å². The number of hydrogen-bond donors (Lipinski definition) is 2. The summed E-state index contributed by atoms with van der Waals surface area (Å²) in [7, 11) is 1.22. The van der Waals surface area contributed by atoms with Crippen molar-refractivity contribution >= 4 is 13.7 Å². The van der Waals surface area contributed by atoms with Crippen LogP contribution in [0.2, 0.25) is 0 Å². The van der Waals surface area contributed by atoms with Gasteiger partial charge in [0.2, 0.25) is 5.91 Å². The Morgan fingerprint density at radius 2 is 0.984 bits per heavy atom. The predicted octanol–water partition coefficient (Wildman–Crippen LogP) is 14.3. The number of aliphatic hydroxyl groups excluding tert-OH is 1. The van der Waals surface area contributed by atoms with E-state index in [9.17, 15) is 19.4 Å². The molecule has 0 aromatic rings. The van der Waals surface area contributed by atoms with Crippen molar-refractivity contribution in [2.24, 2.45) is 0 Å². The zero-order chi connectivity index (χ0) is 46.4. The molecule has 0 saturated heterocycles. The molecular weight excluding hydrogens is 804 g/mol. The average Bonchev–Trinajstić information content (AvgIpc) is 3.24. The Labute approximate surface area is 388 Å². The molecular formula is C54H97N2O6P. The average molecular weight is 901 g/mol. The molecule has 2 N–H and O–H groups in total. The van der Waals surface area contributed by atoms with Crippen LogP contribution in [0.3, 0.4) is 0 Å². The standard InChI is InChI=1S/C54H97N2O6P/c1-6-8-10-12-14-16-18-20-22-24-26-27-28-29-30-32-34-36-38-40-42-44-46-48-54(58)55-52(51-62-63(59,60)61-50-49-56(3,4)5)53(57)47-45-43-41-39-37-35-33-31-25-23-21-19-17-15-13-11-9-7-2/h8,10,14,16,20,22,26-27,29-30,37,39,45,47,52-53,57H,6-7,9,11-13,15,17-19,21,23-25,28,31-36,38,40-44,46,48-51H2,1-5H3,(H-,55,58,59,60)/b10-8-,16-14-,22-20-,27-26-,30-29-,39-37+,47-45+. The fourth-order valence-corrected chi connectivity index (χ4v) is 7.56. The van der Waals surface area contributed by atoms with Crippen molar-refractivity contribution in [3.63, 3.8) is 0 Å². The highest BCUT2D eigenvalue weighted by atomic mass is 31.2. The number of amides is 1. The number of rotatable bonds is 45. The van der Waals surface area contributed by atoms with E-state index in [1.165, 1.54) is 96.3 Å². The van der Waals surface area contributed by atoms with E-state index in [1.54, 1.807) is 6.08 Å². The number of phosphoric ester groups is 1. The summed E-state index contributed by atoms with van der Waals surface area (Å²) >= 11 is 0. The lowest BCUT2D eigenvalue weighted by atomic mass is 10.0. The number of carbonyl (C=O) groups excluding carboxylic acids is 1. The number of allylic oxidation sites excluding steroid dienone is 13. The lowest BCUT2D eigenvalue weighted by molar-refractivity contribution is -0.870. The minimum absolute atomic E-state index is 0.0130. The number of unbranched alkanes of at least 4 members (excludes halogenated alkanes) is 20. The van der Waals surface area contributed by atoms with Crippen LogP contribution in [0, 0.1) is 0 Å². The third kappa shape index (κ3) is 47.5. The zero-order valence-corrected chi connectivity index (χ0v) is 42.1. The van der Waals surface area contributed by atoms with Gasteiger partial charge in [0.05, 0.1) is 39.9 Å². The summed E-state index contributed by atoms with van der Waals surface area (Å²) < 4.78 is 23.3. The molecule has 8 nitrogen and oxygen atoms in total. The third-order valence-corrected chi connectivity index (χ3v) is 11.8. The van der Waals surface area contributed by atoms with Crippen molar-refractivity contribution in [3.8, 4) is 0 Å². The van der Waals surface area contributed by atoms with Gasteiger partial charge in [0.25, 0.3) is 7.82 Å². The van der Waals surface area contributed by atoms with Crippen molar-refractivity contribution in [2.45, 2.75) is 212 Å². The summed E-state index contributed by atoms with van der Waals surface area (Å²) in [4.78, 5) is 25.4. The highest BCUT2D eigenvalue weighted by molar-refractivity contribution is 7.45. The maximum absolute atomic E-state index is 12.9. The Hall–Kier alpha value is -2.32. The summed E-state index contributed by atoms with van der Waals surface area (Å²) in [6.45, 7) is 4.50. The van der Waals surface area contributed by atoms with Crippen LogP contribution in [0.4, 0.5) is 0 Å². The van der Waals surface area contributed by atoms with E-state index >= 15 is 0 Å². The van der Waals surface area contributed by atoms with Gasteiger partial charge in [-0.1, -0.05) is 202 Å². The van der Waals surface area contributed by atoms with Gasteiger partial charge in [-0.25, -0.2) is 0 Å². The molecule has 0 rings (SSSR count). The van der Waals surface area contributed by atoms with Crippen LogP contribution in [0.5, 0.6) is 0 Å². The molecule has 63 heavy (non-hydrogen) atoms. The van der Waals surface area contributed by atoms with Crippen LogP contribution in [0.25, 0.3) is 0 Å². The Morgan fingerprint density at radius 3 is 1.48 bits per heavy atom. The van der Waals surface area contributed by atoms with Gasteiger partial charge in [-0.2, -0.15) is 0 Å². The number of likely N-dealkylation sites (N-methyl/N-ethyl adjacent to an activating group) is 1. The molecule has 0 bridgehead atoms. The normalized spacial score (nSPS) is 14.8. The first-order valence-electron chi connectivity index (χ1n) is 25.4. The van der Waals surface area contributed by atoms with Crippen LogP contribution >= 0.6 is 7.82 Å². The van der Waals surface area contributed by atoms with E-state index in [2.05, 4.69) is 92.1 Å². The molecule has 0 spiro atoms. The first-order chi connectivity index (χ1) is 30.5. The second-order valence-electron chi connectivity index (χ2n) is 18.1. The van der Waals surface area contributed by atoms with Crippen molar-refractivity contribution in [3.05, 3.63) is 85.1 Å². The number of nitrogens with zero attached hydrogens (tertiary/aromatic N) is 1. The topological polar surface area (TPSA) is 108 Å². The molecule has 0 aliphatic carbocycles. The molecule has 364 valence electrons. The smallest absolute Gasteiger partial charge is 0.268 e. The maximum Gasteiger partial charge on any atom is 0.268 e. The van der Waals surface area contributed by atoms with Crippen LogP contribution in [-0.4, -0.2) is 68.5 Å². The fourth-order valence-electron chi connectivity index (χ4n) is 6.84. The highest BCUT2D eigenvalue weighted by Gasteiger charge is 2.23. The Kier molecular flexibility index (Phi) is 43.2. The molecule has 0 aromatic carbocycles. The molecule has 1 amide bonds. The summed E-state index contributed by atoms with van der Waals surface area (Å²) in [5.74, 6) is -0.222. The van der Waals surface area contributed by atoms with Gasteiger partial charge < -0.3 is 28.8 Å². The monoisotopic (exact) mass is 901 g/mol.